The fourth-order valence-corrected chi connectivity index (χ4v) is 7.24. The van der Waals surface area contributed by atoms with E-state index in [9.17, 15) is 9.90 Å². The Morgan fingerprint density at radius 3 is 2.36 bits per heavy atom. The van der Waals surface area contributed by atoms with Crippen LogP contribution in [-0.2, 0) is 32.6 Å². The second kappa shape index (κ2) is 15.6. The van der Waals surface area contributed by atoms with Crippen molar-refractivity contribution < 1.29 is 9.90 Å². The maximum Gasteiger partial charge on any atom is 0.315 e. The number of hydrogen-bond donors (Lipinski definition) is 3. The summed E-state index contributed by atoms with van der Waals surface area (Å²) in [7, 11) is 0. The quantitative estimate of drug-likeness (QED) is 0.204. The molecule has 4 N–H and O–H groups in total. The Morgan fingerprint density at radius 1 is 0.957 bits per heavy atom. The summed E-state index contributed by atoms with van der Waals surface area (Å²) in [6.45, 7) is 5.34. The van der Waals surface area contributed by atoms with E-state index in [0.717, 1.165) is 76.3 Å². The number of hydrogen-bond acceptors (Lipinski definition) is 6. The van der Waals surface area contributed by atoms with Crippen molar-refractivity contribution in [2.75, 3.05) is 37.7 Å². The van der Waals surface area contributed by atoms with Gasteiger partial charge in [-0.15, -0.1) is 0 Å². The molecule has 0 radical (unpaired) electrons. The Labute approximate surface area is 290 Å². The van der Waals surface area contributed by atoms with Crippen LogP contribution in [0.15, 0.2) is 66.7 Å². The van der Waals surface area contributed by atoms with Crippen molar-refractivity contribution in [3.8, 4) is 23.1 Å². The minimum atomic E-state index is -0.554. The maximum absolute atomic E-state index is 12.1. The van der Waals surface area contributed by atoms with Crippen LogP contribution in [0, 0.1) is 11.8 Å². The van der Waals surface area contributed by atoms with Gasteiger partial charge in [0.05, 0.1) is 29.9 Å². The van der Waals surface area contributed by atoms with Crippen molar-refractivity contribution in [3.05, 3.63) is 110 Å². The van der Waals surface area contributed by atoms with Crippen molar-refractivity contribution in [1.29, 1.82) is 0 Å². The molecule has 3 heterocycles. The van der Waals surface area contributed by atoms with Gasteiger partial charge in [-0.1, -0.05) is 65.4 Å². The number of aliphatic hydroxyl groups is 1. The van der Waals surface area contributed by atoms with Gasteiger partial charge in [0.2, 0.25) is 0 Å². The first-order valence-electron chi connectivity index (χ1n) is 15.8. The highest BCUT2D eigenvalue weighted by Crippen LogP contribution is 2.32. The molecule has 1 aromatic heterocycles. The van der Waals surface area contributed by atoms with E-state index in [1.54, 1.807) is 4.90 Å². The van der Waals surface area contributed by atoms with Gasteiger partial charge in [0.1, 0.15) is 0 Å². The van der Waals surface area contributed by atoms with E-state index in [-0.39, 0.29) is 0 Å². The minimum absolute atomic E-state index is 0.365. The number of nitrogens with one attached hydrogen (secondary N) is 1. The third kappa shape index (κ3) is 8.71. The first kappa shape index (κ1) is 33.4. The molecule has 3 aromatic carbocycles. The maximum atomic E-state index is 12.1. The topological polar surface area (TPSA) is 99.7 Å². The van der Waals surface area contributed by atoms with Crippen LogP contribution >= 0.6 is 35.0 Å². The molecule has 11 heteroatoms. The van der Waals surface area contributed by atoms with Crippen molar-refractivity contribution in [3.63, 3.8) is 0 Å². The molecule has 2 aliphatic rings. The van der Waals surface area contributed by atoms with Gasteiger partial charge < -0.3 is 21.1 Å². The average Bonchev–Trinajstić information content (AvgIpc) is 3.43. The lowest BCUT2D eigenvalue weighted by atomic mass is 9.99. The van der Waals surface area contributed by atoms with Crippen LogP contribution < -0.4 is 11.1 Å². The van der Waals surface area contributed by atoms with Gasteiger partial charge in [0.15, 0.2) is 0 Å². The summed E-state index contributed by atoms with van der Waals surface area (Å²) in [4.78, 5) is 16.1. The molecule has 1 saturated heterocycles. The average molecular weight is 690 g/mol. The van der Waals surface area contributed by atoms with E-state index >= 15 is 0 Å². The number of halogens is 2. The zero-order valence-electron chi connectivity index (χ0n) is 26.1. The molecule has 0 saturated carbocycles. The fourth-order valence-electron chi connectivity index (χ4n) is 5.97. The van der Waals surface area contributed by atoms with Gasteiger partial charge in [0, 0.05) is 90.2 Å². The molecule has 4 aromatic rings. The Kier molecular flexibility index (Phi) is 11.1. The summed E-state index contributed by atoms with van der Waals surface area (Å²) < 4.78 is 1.91. The number of rotatable bonds is 9. The number of primary amides is 1. The number of amides is 2. The monoisotopic (exact) mass is 688 g/mol. The molecule has 1 fully saturated rings. The lowest BCUT2D eigenvalue weighted by Gasteiger charge is -2.29. The molecule has 47 heavy (non-hydrogen) atoms. The van der Waals surface area contributed by atoms with E-state index < -0.39 is 12.1 Å². The number of carbonyl (C=O) groups is 1. The number of aromatic nitrogens is 2. The van der Waals surface area contributed by atoms with Gasteiger partial charge in [-0.2, -0.15) is 16.9 Å². The van der Waals surface area contributed by atoms with E-state index in [4.69, 9.17) is 34.0 Å². The smallest absolute Gasteiger partial charge is 0.315 e. The highest BCUT2D eigenvalue weighted by atomic mass is 35.5. The number of urea groups is 1. The molecule has 6 rings (SSSR count). The second-order valence-corrected chi connectivity index (χ2v) is 14.0. The molecule has 1 atom stereocenters. The number of nitrogens with two attached hydrogens (primary N) is 1. The molecular formula is C36H38Cl2N6O2S. The number of nitrogens with zero attached hydrogens (tertiary/aromatic N) is 4. The second-order valence-electron chi connectivity index (χ2n) is 11.9. The SMILES string of the molecule is NC(=O)N1CCc2c(c(-c3ccc(Cl)c(C#Cc4ccc(CNCc5ccc(Cl)cc5)cc4)c3)nn2C[C@H](O)CN2CCSCC2)C1. The predicted octanol–water partition coefficient (Wildman–Crippen LogP) is 5.39. The van der Waals surface area contributed by atoms with Crippen LogP contribution in [0.4, 0.5) is 4.79 Å². The van der Waals surface area contributed by atoms with Crippen molar-refractivity contribution in [2.45, 2.75) is 38.7 Å². The Morgan fingerprint density at radius 2 is 1.66 bits per heavy atom. The van der Waals surface area contributed by atoms with E-state index in [2.05, 4.69) is 34.2 Å². The Hall–Kier alpha value is -3.49. The lowest BCUT2D eigenvalue weighted by Crippen LogP contribution is -2.41. The standard InChI is InChI=1S/C36H38Cl2N6O2S/c37-30-10-6-27(7-11-30)21-40-20-26-3-1-25(2-4-26)5-8-28-19-29(9-12-33(28)38)35-32-24-43(36(39)46)14-13-34(32)44(41-35)23-31(45)22-42-15-17-47-18-16-42/h1-4,6-7,9-12,19,31,40,45H,13-18,20-24H2,(H2,39,46)/t31-/m1/s1. The Bertz CT molecular complexity index is 1760. The van der Waals surface area contributed by atoms with Crippen molar-refractivity contribution in [1.82, 2.24) is 24.9 Å². The highest BCUT2D eigenvalue weighted by Gasteiger charge is 2.28. The zero-order chi connectivity index (χ0) is 32.8. The third-order valence-electron chi connectivity index (χ3n) is 8.51. The van der Waals surface area contributed by atoms with Gasteiger partial charge in [-0.25, -0.2) is 4.79 Å². The van der Waals surface area contributed by atoms with Gasteiger partial charge in [-0.05, 0) is 47.5 Å². The molecule has 244 valence electrons. The van der Waals surface area contributed by atoms with Crippen molar-refractivity contribution in [2.24, 2.45) is 5.73 Å². The number of aliphatic hydroxyl groups excluding tert-OH is 1. The molecule has 2 aliphatic heterocycles. The van der Waals surface area contributed by atoms with Crippen LogP contribution in [0.2, 0.25) is 10.0 Å². The van der Waals surface area contributed by atoms with Crippen LogP contribution in [0.1, 0.15) is 33.5 Å². The van der Waals surface area contributed by atoms with Gasteiger partial charge in [0.25, 0.3) is 0 Å². The van der Waals surface area contributed by atoms with E-state index in [1.807, 2.05) is 71.0 Å². The van der Waals surface area contributed by atoms with Crippen molar-refractivity contribution >= 4 is 41.0 Å². The van der Waals surface area contributed by atoms with Crippen LogP contribution in [0.25, 0.3) is 11.3 Å². The number of thioether (sulfide) groups is 1. The minimum Gasteiger partial charge on any atom is -0.390 e. The fraction of sp³-hybridized carbons (Fsp3) is 0.333. The van der Waals surface area contributed by atoms with E-state index in [1.165, 1.54) is 5.56 Å². The van der Waals surface area contributed by atoms with E-state index in [0.29, 0.717) is 43.2 Å². The molecule has 8 nitrogen and oxygen atoms in total. The summed E-state index contributed by atoms with van der Waals surface area (Å²) in [5.41, 5.74) is 13.2. The largest absolute Gasteiger partial charge is 0.390 e. The lowest BCUT2D eigenvalue weighted by molar-refractivity contribution is 0.0983. The predicted molar refractivity (Wildman–Crippen MR) is 191 cm³/mol. The first-order valence-corrected chi connectivity index (χ1v) is 17.7. The summed E-state index contributed by atoms with van der Waals surface area (Å²) >= 11 is 14.5. The molecule has 0 bridgehead atoms. The first-order chi connectivity index (χ1) is 22.8. The zero-order valence-corrected chi connectivity index (χ0v) is 28.4. The number of β-amino-alcohol motifs (C(OH)–C–C–N with tert-alkyl or cyclic N) is 1. The van der Waals surface area contributed by atoms with Gasteiger partial charge in [-0.3, -0.25) is 9.58 Å². The highest BCUT2D eigenvalue weighted by molar-refractivity contribution is 7.99. The summed E-state index contributed by atoms with van der Waals surface area (Å²) in [6, 6.07) is 21.2. The van der Waals surface area contributed by atoms with Crippen LogP contribution in [0.3, 0.4) is 0 Å². The molecule has 0 spiro atoms. The normalized spacial score (nSPS) is 15.5. The van der Waals surface area contributed by atoms with Crippen LogP contribution in [0.5, 0.6) is 0 Å². The summed E-state index contributed by atoms with van der Waals surface area (Å²) in [5, 5.41) is 20.7. The van der Waals surface area contributed by atoms with Gasteiger partial charge >= 0.3 is 6.03 Å². The molecular weight excluding hydrogens is 651 g/mol. The number of fused-ring (bicyclic) bond motifs is 1. The molecule has 0 aliphatic carbocycles. The molecule has 0 unspecified atom stereocenters. The number of benzene rings is 3. The summed E-state index contributed by atoms with van der Waals surface area (Å²) in [5.74, 6) is 8.67. The third-order valence-corrected chi connectivity index (χ3v) is 10.0. The number of carbonyl (C=O) groups excluding carboxylic acids is 1. The molecule has 2 amide bonds. The van der Waals surface area contributed by atoms with Crippen LogP contribution in [-0.4, -0.2) is 74.5 Å². The Balaban J connectivity index is 1.18. The summed E-state index contributed by atoms with van der Waals surface area (Å²) in [6.07, 6.45) is 0.0621.